The minimum absolute atomic E-state index is 0.265. The molecular weight excluding hydrogens is 183 g/mol. The van der Waals surface area contributed by atoms with E-state index in [1.807, 2.05) is 19.9 Å². The molecule has 1 rings (SSSR count). The number of hydrogen-bond acceptors (Lipinski definition) is 2. The molecule has 0 atom stereocenters. The average molecular weight is 196 g/mol. The molecule has 0 amide bonds. The van der Waals surface area contributed by atoms with Crippen LogP contribution in [-0.4, -0.2) is 5.97 Å². The maximum atomic E-state index is 11.6. The molecule has 0 spiro atoms. The summed E-state index contributed by atoms with van der Waals surface area (Å²) in [6, 6.07) is 5.10. The van der Waals surface area contributed by atoms with Gasteiger partial charge in [-0.2, -0.15) is 0 Å². The average Bonchev–Trinajstić information content (AvgIpc) is 2.26. The van der Waals surface area contributed by atoms with Crippen molar-refractivity contribution in [1.82, 2.24) is 0 Å². The third-order valence-corrected chi connectivity index (χ3v) is 2.27. The van der Waals surface area contributed by atoms with Crippen LogP contribution in [0.5, 0.6) is 0 Å². The lowest BCUT2D eigenvalue weighted by molar-refractivity contribution is -0.0788. The van der Waals surface area contributed by atoms with Gasteiger partial charge in [-0.1, -0.05) is 19.9 Å². The van der Waals surface area contributed by atoms with Gasteiger partial charge in [0, 0.05) is 4.53 Å². The van der Waals surface area contributed by atoms with Crippen LogP contribution in [0.4, 0.5) is 4.53 Å². The predicted octanol–water partition coefficient (Wildman–Crippen LogP) is 2.85. The Bertz CT molecular complexity index is 334. The van der Waals surface area contributed by atoms with E-state index in [-0.39, 0.29) is 5.56 Å². The number of aryl methyl sites for hydroxylation is 2. The van der Waals surface area contributed by atoms with Crippen LogP contribution >= 0.6 is 0 Å². The maximum Gasteiger partial charge on any atom is 0.379 e. The van der Waals surface area contributed by atoms with Crippen molar-refractivity contribution in [3.8, 4) is 0 Å². The van der Waals surface area contributed by atoms with E-state index in [0.717, 1.165) is 18.4 Å². The van der Waals surface area contributed by atoms with Crippen molar-refractivity contribution in [2.45, 2.75) is 26.7 Å². The number of halogens is 1. The molecule has 0 N–H and O–H groups in total. The molecule has 14 heavy (non-hydrogen) atoms. The highest BCUT2D eigenvalue weighted by atomic mass is 19.3. The van der Waals surface area contributed by atoms with Gasteiger partial charge in [0.05, 0.1) is 5.56 Å². The summed E-state index contributed by atoms with van der Waals surface area (Å²) in [5, 5.41) is 0. The van der Waals surface area contributed by atoms with Gasteiger partial charge in [-0.05, 0) is 36.1 Å². The molecule has 1 aromatic carbocycles. The number of carbonyl (C=O) groups excluding carboxylic acids is 1. The summed E-state index contributed by atoms with van der Waals surface area (Å²) in [6.45, 7) is 4.04. The van der Waals surface area contributed by atoms with Gasteiger partial charge in [-0.3, -0.25) is 0 Å². The Labute approximate surface area is 82.6 Å². The third-order valence-electron chi connectivity index (χ3n) is 2.27. The summed E-state index contributed by atoms with van der Waals surface area (Å²) in [6.07, 6.45) is 1.74. The van der Waals surface area contributed by atoms with Gasteiger partial charge in [0.2, 0.25) is 0 Å². The summed E-state index contributed by atoms with van der Waals surface area (Å²) in [5.41, 5.74) is 2.51. The number of hydrogen-bond donors (Lipinski definition) is 0. The molecule has 1 aromatic rings. The largest absolute Gasteiger partial charge is 0.379 e. The SMILES string of the molecule is CCc1ccc(C(=O)OF)cc1CC. The molecule has 0 unspecified atom stereocenters. The number of benzene rings is 1. The second-order valence-electron chi connectivity index (χ2n) is 3.06. The van der Waals surface area contributed by atoms with Crippen LogP contribution in [0, 0.1) is 0 Å². The molecule has 0 aliphatic heterocycles. The maximum absolute atomic E-state index is 11.6. The molecule has 3 heteroatoms. The Morgan fingerprint density at radius 3 is 2.43 bits per heavy atom. The zero-order valence-electron chi connectivity index (χ0n) is 8.34. The van der Waals surface area contributed by atoms with Crippen LogP contribution in [0.2, 0.25) is 0 Å². The van der Waals surface area contributed by atoms with E-state index in [9.17, 15) is 9.32 Å². The van der Waals surface area contributed by atoms with Gasteiger partial charge in [-0.25, -0.2) is 9.74 Å². The summed E-state index contributed by atoms with van der Waals surface area (Å²) in [7, 11) is 0. The molecule has 76 valence electrons. The Balaban J connectivity index is 3.07. The lowest BCUT2D eigenvalue weighted by Gasteiger charge is -2.06. The molecule has 0 heterocycles. The minimum Gasteiger partial charge on any atom is -0.249 e. The zero-order chi connectivity index (χ0) is 10.6. The summed E-state index contributed by atoms with van der Waals surface area (Å²) in [5.74, 6) is -0.928. The van der Waals surface area contributed by atoms with Crippen molar-refractivity contribution in [2.75, 3.05) is 0 Å². The van der Waals surface area contributed by atoms with E-state index < -0.39 is 5.97 Å². The van der Waals surface area contributed by atoms with Crippen molar-refractivity contribution in [2.24, 2.45) is 0 Å². The normalized spacial score (nSPS) is 9.93. The van der Waals surface area contributed by atoms with E-state index in [1.54, 1.807) is 12.1 Å². The molecule has 0 bridgehead atoms. The van der Waals surface area contributed by atoms with Gasteiger partial charge >= 0.3 is 5.97 Å². The smallest absolute Gasteiger partial charge is 0.249 e. The summed E-state index contributed by atoms with van der Waals surface area (Å²) in [4.78, 5) is 14.1. The standard InChI is InChI=1S/C11H13FO2/c1-3-8-5-6-10(11(13)14-12)7-9(8)4-2/h5-7H,3-4H2,1-2H3. The van der Waals surface area contributed by atoms with Crippen LogP contribution in [0.15, 0.2) is 18.2 Å². The van der Waals surface area contributed by atoms with E-state index in [1.165, 1.54) is 5.56 Å². The van der Waals surface area contributed by atoms with Crippen molar-refractivity contribution < 1.29 is 14.3 Å². The van der Waals surface area contributed by atoms with Gasteiger partial charge in [0.1, 0.15) is 0 Å². The topological polar surface area (TPSA) is 26.3 Å². The van der Waals surface area contributed by atoms with Crippen LogP contribution in [0.25, 0.3) is 0 Å². The first-order valence-electron chi connectivity index (χ1n) is 4.67. The molecule has 0 aliphatic carbocycles. The highest BCUT2D eigenvalue weighted by Crippen LogP contribution is 2.14. The van der Waals surface area contributed by atoms with Crippen molar-refractivity contribution in [1.29, 1.82) is 0 Å². The molecular formula is C11H13FO2. The van der Waals surface area contributed by atoms with Crippen molar-refractivity contribution >= 4 is 5.97 Å². The second-order valence-corrected chi connectivity index (χ2v) is 3.06. The van der Waals surface area contributed by atoms with Gasteiger partial charge in [-0.15, -0.1) is 0 Å². The number of carbonyl (C=O) groups is 1. The van der Waals surface area contributed by atoms with E-state index in [4.69, 9.17) is 0 Å². The van der Waals surface area contributed by atoms with Crippen LogP contribution in [0.3, 0.4) is 0 Å². The Hall–Kier alpha value is -1.38. The monoisotopic (exact) mass is 196 g/mol. The summed E-state index contributed by atoms with van der Waals surface area (Å²) < 4.78 is 11.6. The second kappa shape index (κ2) is 4.74. The van der Waals surface area contributed by atoms with Crippen molar-refractivity contribution in [3.63, 3.8) is 0 Å². The Kier molecular flexibility index (Phi) is 3.63. The first kappa shape index (κ1) is 10.7. The van der Waals surface area contributed by atoms with E-state index in [0.29, 0.717) is 0 Å². The first-order valence-corrected chi connectivity index (χ1v) is 4.67. The molecule has 0 fully saturated rings. The quantitative estimate of drug-likeness (QED) is 0.743. The molecule has 0 aromatic heterocycles. The van der Waals surface area contributed by atoms with Crippen LogP contribution in [0.1, 0.15) is 35.3 Å². The zero-order valence-corrected chi connectivity index (χ0v) is 8.34. The third kappa shape index (κ3) is 2.10. The van der Waals surface area contributed by atoms with Crippen LogP contribution in [-0.2, 0) is 17.8 Å². The summed E-state index contributed by atoms with van der Waals surface area (Å²) >= 11 is 0. The van der Waals surface area contributed by atoms with Crippen LogP contribution < -0.4 is 0 Å². The minimum atomic E-state index is -0.928. The Morgan fingerprint density at radius 1 is 1.29 bits per heavy atom. The molecule has 0 aliphatic rings. The fourth-order valence-corrected chi connectivity index (χ4v) is 1.47. The lowest BCUT2D eigenvalue weighted by Crippen LogP contribution is -2.01. The molecule has 0 saturated heterocycles. The fourth-order valence-electron chi connectivity index (χ4n) is 1.47. The predicted molar refractivity (Wildman–Crippen MR) is 51.7 cm³/mol. The van der Waals surface area contributed by atoms with Gasteiger partial charge in [0.25, 0.3) is 0 Å². The van der Waals surface area contributed by atoms with Crippen molar-refractivity contribution in [3.05, 3.63) is 34.9 Å². The van der Waals surface area contributed by atoms with Gasteiger partial charge < -0.3 is 0 Å². The highest BCUT2D eigenvalue weighted by molar-refractivity contribution is 5.89. The van der Waals surface area contributed by atoms with E-state index in [2.05, 4.69) is 4.94 Å². The molecule has 0 saturated carbocycles. The molecule has 2 nitrogen and oxygen atoms in total. The Morgan fingerprint density at radius 2 is 1.93 bits per heavy atom. The molecule has 0 radical (unpaired) electrons. The number of rotatable bonds is 3. The first-order chi connectivity index (χ1) is 6.72. The lowest BCUT2D eigenvalue weighted by atomic mass is 10.0. The highest BCUT2D eigenvalue weighted by Gasteiger charge is 2.09. The van der Waals surface area contributed by atoms with Gasteiger partial charge in [0.15, 0.2) is 0 Å². The fraction of sp³-hybridized carbons (Fsp3) is 0.364. The van der Waals surface area contributed by atoms with E-state index >= 15 is 0 Å².